The van der Waals surface area contributed by atoms with E-state index in [2.05, 4.69) is 47.8 Å². The summed E-state index contributed by atoms with van der Waals surface area (Å²) in [5.74, 6) is 7.23. The molecule has 0 N–H and O–H groups in total. The summed E-state index contributed by atoms with van der Waals surface area (Å²) < 4.78 is 0.717. The second-order valence-electron chi connectivity index (χ2n) is 2.96. The van der Waals surface area contributed by atoms with Crippen LogP contribution in [-0.2, 0) is 6.42 Å². The van der Waals surface area contributed by atoms with Crippen LogP contribution in [0, 0.1) is 0 Å². The Bertz CT molecular complexity index is 246. The molecule has 0 atom stereocenters. The second kappa shape index (κ2) is 6.38. The molecule has 0 amide bonds. The first-order chi connectivity index (χ1) is 6.76. The van der Waals surface area contributed by atoms with E-state index in [1.54, 1.807) is 0 Å². The fourth-order valence-electron chi connectivity index (χ4n) is 1.31. The summed E-state index contributed by atoms with van der Waals surface area (Å²) in [7, 11) is 0. The van der Waals surface area contributed by atoms with Crippen molar-refractivity contribution < 1.29 is 0 Å². The summed E-state index contributed by atoms with van der Waals surface area (Å²) in [6, 6.07) is 11.0. The maximum atomic E-state index is 2.41. The van der Waals surface area contributed by atoms with E-state index >= 15 is 0 Å². The predicted molar refractivity (Wildman–Crippen MR) is 67.7 cm³/mol. The molecule has 0 unspecified atom stereocenters. The van der Waals surface area contributed by atoms with Crippen LogP contribution in [0.3, 0.4) is 0 Å². The third-order valence-corrected chi connectivity index (χ3v) is 17.9. The van der Waals surface area contributed by atoms with Gasteiger partial charge in [-0.2, -0.15) is 0 Å². The van der Waals surface area contributed by atoms with Crippen LogP contribution in [0.4, 0.5) is 0 Å². The van der Waals surface area contributed by atoms with E-state index in [1.807, 2.05) is 0 Å². The Morgan fingerprint density at radius 2 is 1.43 bits per heavy atom. The minimum atomic E-state index is 0.717. The van der Waals surface area contributed by atoms with Gasteiger partial charge in [0.15, 0.2) is 0 Å². The molecule has 0 heterocycles. The van der Waals surface area contributed by atoms with E-state index in [0.717, 1.165) is 44.9 Å². The molecule has 14 heavy (non-hydrogen) atoms. The van der Waals surface area contributed by atoms with Crippen molar-refractivity contribution >= 4 is 44.9 Å². The zero-order valence-electron chi connectivity index (χ0n) is 8.82. The van der Waals surface area contributed by atoms with Gasteiger partial charge in [0.1, 0.15) is 0 Å². The van der Waals surface area contributed by atoms with Crippen LogP contribution >= 0.6 is 0 Å². The number of hydrogen-bond donors (Lipinski definition) is 0. The van der Waals surface area contributed by atoms with Crippen LogP contribution in [0.2, 0.25) is 19.6 Å². The topological polar surface area (TPSA) is 0 Å². The molecule has 78 valence electrons. The van der Waals surface area contributed by atoms with Gasteiger partial charge in [0.25, 0.3) is 0 Å². The Morgan fingerprint density at radius 1 is 0.929 bits per heavy atom. The van der Waals surface area contributed by atoms with Gasteiger partial charge in [0.2, 0.25) is 0 Å². The quantitative estimate of drug-likeness (QED) is 0.684. The Balaban J connectivity index is 2.74. The maximum absolute atomic E-state index is 2.41. The molecule has 0 radical (unpaired) electrons. The van der Waals surface area contributed by atoms with E-state index in [1.165, 1.54) is 12.0 Å². The van der Waals surface area contributed by atoms with Gasteiger partial charge in [0.05, 0.1) is 0 Å². The fraction of sp³-hybridized carbons (Fsp3) is 0.455. The summed E-state index contributed by atoms with van der Waals surface area (Å²) in [4.78, 5) is 0. The van der Waals surface area contributed by atoms with Crippen molar-refractivity contribution in [3.05, 3.63) is 35.9 Å². The molecule has 0 nitrogen and oxygen atoms in total. The third kappa shape index (κ3) is 3.42. The molecule has 1 aromatic carbocycles. The summed E-state index contributed by atoms with van der Waals surface area (Å²) in [6.45, 7) is 0. The third-order valence-electron chi connectivity index (χ3n) is 2.20. The fourth-order valence-corrected chi connectivity index (χ4v) is 9.77. The van der Waals surface area contributed by atoms with Gasteiger partial charge in [-0.3, -0.25) is 0 Å². The summed E-state index contributed by atoms with van der Waals surface area (Å²) in [6.07, 6.45) is 1.32. The molecule has 1 aromatic rings. The van der Waals surface area contributed by atoms with E-state index in [4.69, 9.17) is 0 Å². The van der Waals surface area contributed by atoms with Gasteiger partial charge in [-0.15, -0.1) is 0 Å². The van der Waals surface area contributed by atoms with Crippen molar-refractivity contribution in [2.24, 2.45) is 0 Å². The number of benzene rings is 1. The molecule has 0 fully saturated rings. The Labute approximate surface area is 106 Å². The second-order valence-corrected chi connectivity index (χ2v) is 13.8. The molecule has 0 aliphatic rings. The molecular weight excluding hydrogens is 369 g/mol. The summed E-state index contributed by atoms with van der Waals surface area (Å²) in [5, 5.41) is 0. The first kappa shape index (κ1) is 12.8. The van der Waals surface area contributed by atoms with E-state index < -0.39 is 0 Å². The molecule has 0 saturated heterocycles. The summed E-state index contributed by atoms with van der Waals surface area (Å²) >= 11 is 2.39. The molecule has 0 saturated carbocycles. The average molecular weight is 385 g/mol. The standard InChI is InChI=1S/C11H16Se3/c1-12-11(13-2,14-3)9-10-7-5-4-6-8-10/h4-8H,9H2,1-3H3. The molecule has 3 heteroatoms. The SMILES string of the molecule is C[Se]C(Cc1ccccc1)([Se]C)[Se]C. The Hall–Kier alpha value is 0.778. The molecular formula is C11H16Se3. The van der Waals surface area contributed by atoms with Crippen LogP contribution in [0.25, 0.3) is 0 Å². The molecule has 0 aliphatic carbocycles. The van der Waals surface area contributed by atoms with E-state index in [-0.39, 0.29) is 0 Å². The van der Waals surface area contributed by atoms with Crippen molar-refractivity contribution in [2.75, 3.05) is 0 Å². The Morgan fingerprint density at radius 3 is 1.86 bits per heavy atom. The molecule has 0 spiro atoms. The van der Waals surface area contributed by atoms with Crippen LogP contribution in [0.5, 0.6) is 0 Å². The number of rotatable bonds is 5. The van der Waals surface area contributed by atoms with Gasteiger partial charge >= 0.3 is 107 Å². The van der Waals surface area contributed by atoms with Gasteiger partial charge in [-0.25, -0.2) is 0 Å². The van der Waals surface area contributed by atoms with Crippen LogP contribution in [0.1, 0.15) is 5.56 Å². The first-order valence-corrected chi connectivity index (χ1v) is 12.2. The van der Waals surface area contributed by atoms with Crippen molar-refractivity contribution in [2.45, 2.75) is 26.0 Å². The van der Waals surface area contributed by atoms with Gasteiger partial charge in [-0.05, 0) is 0 Å². The summed E-state index contributed by atoms with van der Waals surface area (Å²) in [5.41, 5.74) is 1.53. The zero-order valence-corrected chi connectivity index (χ0v) is 14.0. The van der Waals surface area contributed by atoms with Gasteiger partial charge in [0, 0.05) is 0 Å². The van der Waals surface area contributed by atoms with Gasteiger partial charge in [-0.1, -0.05) is 0 Å². The average Bonchev–Trinajstić information content (AvgIpc) is 2.28. The monoisotopic (exact) mass is 388 g/mol. The van der Waals surface area contributed by atoms with Crippen molar-refractivity contribution in [3.63, 3.8) is 0 Å². The Kier molecular flexibility index (Phi) is 5.85. The van der Waals surface area contributed by atoms with Crippen molar-refractivity contribution in [3.8, 4) is 0 Å². The van der Waals surface area contributed by atoms with Crippen LogP contribution < -0.4 is 0 Å². The normalized spacial score (nSPS) is 11.6. The zero-order chi connectivity index (χ0) is 10.4. The van der Waals surface area contributed by atoms with Crippen molar-refractivity contribution in [1.29, 1.82) is 0 Å². The minimum absolute atomic E-state index is 0.717. The molecule has 1 rings (SSSR count). The first-order valence-electron chi connectivity index (χ1n) is 4.45. The van der Waals surface area contributed by atoms with E-state index in [0.29, 0.717) is 2.11 Å². The van der Waals surface area contributed by atoms with Crippen LogP contribution in [-0.4, -0.2) is 44.9 Å². The molecule has 0 aliphatic heterocycles. The van der Waals surface area contributed by atoms with Gasteiger partial charge < -0.3 is 0 Å². The van der Waals surface area contributed by atoms with Crippen molar-refractivity contribution in [1.82, 2.24) is 0 Å². The predicted octanol–water partition coefficient (Wildman–Crippen LogP) is 2.56. The molecule has 0 bridgehead atoms. The van der Waals surface area contributed by atoms with Crippen LogP contribution in [0.15, 0.2) is 30.3 Å². The van der Waals surface area contributed by atoms with E-state index in [9.17, 15) is 0 Å². The molecule has 0 aromatic heterocycles. The number of hydrogen-bond acceptors (Lipinski definition) is 0.